The minimum absolute atomic E-state index is 0.252. The fourth-order valence-electron chi connectivity index (χ4n) is 2.62. The van der Waals surface area contributed by atoms with Crippen LogP contribution in [0.25, 0.3) is 0 Å². The van der Waals surface area contributed by atoms with Crippen molar-refractivity contribution in [3.05, 3.63) is 77.9 Å². The first-order valence-electron chi connectivity index (χ1n) is 8.49. The van der Waals surface area contributed by atoms with E-state index in [0.29, 0.717) is 5.69 Å². The van der Waals surface area contributed by atoms with Gasteiger partial charge >= 0.3 is 0 Å². The molecule has 0 fully saturated rings. The van der Waals surface area contributed by atoms with E-state index >= 15 is 0 Å². The van der Waals surface area contributed by atoms with E-state index in [4.69, 9.17) is 4.74 Å². The van der Waals surface area contributed by atoms with Crippen LogP contribution in [0.1, 0.15) is 11.1 Å². The normalized spacial score (nSPS) is 11.1. The summed E-state index contributed by atoms with van der Waals surface area (Å²) in [5, 5.41) is 3.26. The number of anilines is 3. The highest BCUT2D eigenvalue weighted by molar-refractivity contribution is 7.92. The maximum atomic E-state index is 12.6. The van der Waals surface area contributed by atoms with Gasteiger partial charge in [0.05, 0.1) is 17.7 Å². The van der Waals surface area contributed by atoms with E-state index in [2.05, 4.69) is 10.0 Å². The number of benzene rings is 3. The van der Waals surface area contributed by atoms with Crippen molar-refractivity contribution in [2.75, 3.05) is 17.1 Å². The summed E-state index contributed by atoms with van der Waals surface area (Å²) in [4.78, 5) is 0.252. The Labute approximate surface area is 160 Å². The standard InChI is InChI=1S/C21H22N2O3S/c1-15-8-13-19(14-16(15)2)27(24,25)23-18-11-9-17(10-12-18)22-20-6-4-5-7-21(20)26-3/h4-14,22-23H,1-3H3. The molecule has 0 saturated carbocycles. The van der Waals surface area contributed by atoms with E-state index in [9.17, 15) is 8.42 Å². The number of aryl methyl sites for hydroxylation is 2. The van der Waals surface area contributed by atoms with E-state index in [-0.39, 0.29) is 4.90 Å². The number of rotatable bonds is 6. The molecule has 5 nitrogen and oxygen atoms in total. The fourth-order valence-corrected chi connectivity index (χ4v) is 3.76. The molecule has 0 atom stereocenters. The van der Waals surface area contributed by atoms with Crippen molar-refractivity contribution in [3.63, 3.8) is 0 Å². The van der Waals surface area contributed by atoms with Crippen molar-refractivity contribution in [3.8, 4) is 5.75 Å². The van der Waals surface area contributed by atoms with Crippen LogP contribution in [0.5, 0.6) is 5.75 Å². The lowest BCUT2D eigenvalue weighted by Crippen LogP contribution is -2.13. The maximum absolute atomic E-state index is 12.6. The summed E-state index contributed by atoms with van der Waals surface area (Å²) in [5.74, 6) is 0.733. The van der Waals surface area contributed by atoms with Gasteiger partial charge in [-0.25, -0.2) is 8.42 Å². The highest BCUT2D eigenvalue weighted by Gasteiger charge is 2.15. The lowest BCUT2D eigenvalue weighted by Gasteiger charge is -2.12. The van der Waals surface area contributed by atoms with E-state index < -0.39 is 10.0 Å². The summed E-state index contributed by atoms with van der Waals surface area (Å²) in [6, 6.07) is 19.7. The van der Waals surface area contributed by atoms with Gasteiger partial charge in [-0.15, -0.1) is 0 Å². The molecule has 6 heteroatoms. The Bertz CT molecular complexity index is 1050. The molecule has 27 heavy (non-hydrogen) atoms. The average molecular weight is 382 g/mol. The quantitative estimate of drug-likeness (QED) is 0.639. The first-order valence-corrected chi connectivity index (χ1v) is 9.97. The zero-order valence-electron chi connectivity index (χ0n) is 15.5. The van der Waals surface area contributed by atoms with Gasteiger partial charge in [0.2, 0.25) is 0 Å². The molecule has 0 aliphatic carbocycles. The molecule has 0 saturated heterocycles. The smallest absolute Gasteiger partial charge is 0.261 e. The van der Waals surface area contributed by atoms with Gasteiger partial charge in [-0.3, -0.25) is 4.72 Å². The predicted octanol–water partition coefficient (Wildman–Crippen LogP) is 4.86. The van der Waals surface area contributed by atoms with Crippen LogP contribution in [0.4, 0.5) is 17.1 Å². The molecular weight excluding hydrogens is 360 g/mol. The number of sulfonamides is 1. The summed E-state index contributed by atoms with van der Waals surface area (Å²) >= 11 is 0. The van der Waals surface area contributed by atoms with Crippen LogP contribution in [-0.4, -0.2) is 15.5 Å². The second kappa shape index (κ2) is 7.72. The Morgan fingerprint density at radius 3 is 2.15 bits per heavy atom. The van der Waals surface area contributed by atoms with Gasteiger partial charge in [-0.05, 0) is 73.5 Å². The van der Waals surface area contributed by atoms with Crippen LogP contribution < -0.4 is 14.8 Å². The third-order valence-corrected chi connectivity index (χ3v) is 5.69. The molecule has 2 N–H and O–H groups in total. The van der Waals surface area contributed by atoms with Gasteiger partial charge in [0.25, 0.3) is 10.0 Å². The molecular formula is C21H22N2O3S. The Morgan fingerprint density at radius 1 is 0.815 bits per heavy atom. The van der Waals surface area contributed by atoms with Crippen LogP contribution >= 0.6 is 0 Å². The molecule has 0 aromatic heterocycles. The van der Waals surface area contributed by atoms with Crippen LogP contribution in [0.3, 0.4) is 0 Å². The maximum Gasteiger partial charge on any atom is 0.261 e. The van der Waals surface area contributed by atoms with Crippen LogP contribution in [-0.2, 0) is 10.0 Å². The average Bonchev–Trinajstić information content (AvgIpc) is 2.65. The highest BCUT2D eigenvalue weighted by Crippen LogP contribution is 2.28. The topological polar surface area (TPSA) is 67.4 Å². The van der Waals surface area contributed by atoms with E-state index in [1.165, 1.54) is 0 Å². The second-order valence-corrected chi connectivity index (χ2v) is 7.94. The first-order chi connectivity index (χ1) is 12.9. The lowest BCUT2D eigenvalue weighted by molar-refractivity contribution is 0.417. The molecule has 3 aromatic carbocycles. The molecule has 0 unspecified atom stereocenters. The van der Waals surface area contributed by atoms with Gasteiger partial charge in [-0.2, -0.15) is 0 Å². The van der Waals surface area contributed by atoms with Crippen molar-refractivity contribution >= 4 is 27.1 Å². The molecule has 0 heterocycles. The number of para-hydroxylation sites is 2. The molecule has 0 bridgehead atoms. The number of ether oxygens (including phenoxy) is 1. The molecule has 0 radical (unpaired) electrons. The largest absolute Gasteiger partial charge is 0.495 e. The monoisotopic (exact) mass is 382 g/mol. The minimum Gasteiger partial charge on any atom is -0.495 e. The molecule has 140 valence electrons. The van der Waals surface area contributed by atoms with Crippen molar-refractivity contribution in [1.29, 1.82) is 0 Å². The molecule has 0 aliphatic rings. The van der Waals surface area contributed by atoms with Crippen LogP contribution in [0.2, 0.25) is 0 Å². The van der Waals surface area contributed by atoms with E-state index in [1.54, 1.807) is 31.4 Å². The van der Waals surface area contributed by atoms with Crippen LogP contribution in [0, 0.1) is 13.8 Å². The van der Waals surface area contributed by atoms with Gasteiger partial charge < -0.3 is 10.1 Å². The summed E-state index contributed by atoms with van der Waals surface area (Å²) in [7, 11) is -2.01. The number of nitrogens with one attached hydrogen (secondary N) is 2. The first kappa shape index (κ1) is 18.8. The Balaban J connectivity index is 1.76. The lowest BCUT2D eigenvalue weighted by atomic mass is 10.1. The van der Waals surface area contributed by atoms with E-state index in [0.717, 1.165) is 28.3 Å². The number of hydrogen-bond donors (Lipinski definition) is 2. The summed E-state index contributed by atoms with van der Waals surface area (Å²) in [6.07, 6.45) is 0. The van der Waals surface area contributed by atoms with E-state index in [1.807, 2.05) is 56.3 Å². The van der Waals surface area contributed by atoms with Crippen molar-refractivity contribution < 1.29 is 13.2 Å². The van der Waals surface area contributed by atoms with Gasteiger partial charge in [0, 0.05) is 11.4 Å². The fraction of sp³-hybridized carbons (Fsp3) is 0.143. The van der Waals surface area contributed by atoms with Gasteiger partial charge in [-0.1, -0.05) is 18.2 Å². The van der Waals surface area contributed by atoms with Crippen molar-refractivity contribution in [2.45, 2.75) is 18.7 Å². The highest BCUT2D eigenvalue weighted by atomic mass is 32.2. The molecule has 3 aromatic rings. The molecule has 0 spiro atoms. The third kappa shape index (κ3) is 4.41. The number of methoxy groups -OCH3 is 1. The molecule has 3 rings (SSSR count). The minimum atomic E-state index is -3.63. The summed E-state index contributed by atoms with van der Waals surface area (Å²) in [5.41, 5.74) is 4.16. The van der Waals surface area contributed by atoms with Crippen molar-refractivity contribution in [1.82, 2.24) is 0 Å². The van der Waals surface area contributed by atoms with Gasteiger partial charge in [0.15, 0.2) is 0 Å². The Hall–Kier alpha value is -2.99. The van der Waals surface area contributed by atoms with Crippen molar-refractivity contribution in [2.24, 2.45) is 0 Å². The zero-order valence-corrected chi connectivity index (χ0v) is 16.3. The summed E-state index contributed by atoms with van der Waals surface area (Å²) in [6.45, 7) is 3.85. The number of hydrogen-bond acceptors (Lipinski definition) is 4. The summed E-state index contributed by atoms with van der Waals surface area (Å²) < 4.78 is 33.1. The molecule has 0 aliphatic heterocycles. The Kier molecular flexibility index (Phi) is 5.37. The third-order valence-electron chi connectivity index (χ3n) is 4.31. The second-order valence-electron chi connectivity index (χ2n) is 6.25. The van der Waals surface area contributed by atoms with Crippen LogP contribution in [0.15, 0.2) is 71.6 Å². The molecule has 0 amide bonds. The zero-order chi connectivity index (χ0) is 19.4. The van der Waals surface area contributed by atoms with Gasteiger partial charge in [0.1, 0.15) is 5.75 Å². The predicted molar refractivity (Wildman–Crippen MR) is 109 cm³/mol. The SMILES string of the molecule is COc1ccccc1Nc1ccc(NS(=O)(=O)c2ccc(C)c(C)c2)cc1. The Morgan fingerprint density at radius 2 is 1.48 bits per heavy atom.